The first kappa shape index (κ1) is 31.0. The van der Waals surface area contributed by atoms with Gasteiger partial charge in [0, 0.05) is 16.5 Å². The minimum absolute atomic E-state index is 0.0643. The molecule has 1 aliphatic heterocycles. The number of nitrogens with zero attached hydrogens (tertiary/aromatic N) is 3. The number of halogens is 2. The second kappa shape index (κ2) is 13.9. The number of anilines is 1. The molecular formula is C32H32BrClN4O4S. The number of esters is 1. The van der Waals surface area contributed by atoms with Crippen LogP contribution in [-0.2, 0) is 21.9 Å². The van der Waals surface area contributed by atoms with Crippen LogP contribution in [-0.4, -0.2) is 33.4 Å². The van der Waals surface area contributed by atoms with Crippen molar-refractivity contribution >= 4 is 51.2 Å². The molecule has 1 unspecified atom stereocenters. The van der Waals surface area contributed by atoms with Gasteiger partial charge in [-0.15, -0.1) is 5.10 Å². The van der Waals surface area contributed by atoms with Crippen molar-refractivity contribution in [3.63, 3.8) is 0 Å². The Kier molecular flexibility index (Phi) is 10.00. The van der Waals surface area contributed by atoms with Crippen LogP contribution in [0.5, 0.6) is 11.5 Å². The smallest absolute Gasteiger partial charge is 0.338 e. The lowest BCUT2D eigenvalue weighted by molar-refractivity contribution is -0.140. The molecule has 0 saturated carbocycles. The Morgan fingerprint density at radius 3 is 2.60 bits per heavy atom. The van der Waals surface area contributed by atoms with E-state index in [0.717, 1.165) is 16.7 Å². The topological polar surface area (TPSA) is 87.5 Å². The number of rotatable bonds is 11. The monoisotopic (exact) mass is 682 g/mol. The summed E-state index contributed by atoms with van der Waals surface area (Å²) in [5, 5.41) is 9.35. The predicted octanol–water partition coefficient (Wildman–Crippen LogP) is 8.20. The average Bonchev–Trinajstić information content (AvgIpc) is 3.39. The fourth-order valence-electron chi connectivity index (χ4n) is 4.68. The zero-order valence-corrected chi connectivity index (χ0v) is 27.4. The Hall–Kier alpha value is -3.47. The van der Waals surface area contributed by atoms with Crippen molar-refractivity contribution in [2.75, 3.05) is 11.9 Å². The largest absolute Gasteiger partial charge is 0.490 e. The van der Waals surface area contributed by atoms with E-state index in [1.54, 1.807) is 4.68 Å². The fraction of sp³-hybridized carbons (Fsp3) is 0.281. The molecule has 0 aliphatic carbocycles. The van der Waals surface area contributed by atoms with Crippen LogP contribution >= 0.6 is 39.3 Å². The Morgan fingerprint density at radius 1 is 1.14 bits per heavy atom. The first-order valence-electron chi connectivity index (χ1n) is 13.9. The number of thioether (sulfide) groups is 1. The summed E-state index contributed by atoms with van der Waals surface area (Å²) in [6.07, 6.45) is -0.0643. The third kappa shape index (κ3) is 7.20. The van der Waals surface area contributed by atoms with Gasteiger partial charge in [-0.1, -0.05) is 71.9 Å². The molecule has 3 aromatic carbocycles. The second-order valence-electron chi connectivity index (χ2n) is 10.1. The number of allylic oxidation sites excluding steroid dienone is 1. The van der Waals surface area contributed by atoms with E-state index in [0.29, 0.717) is 55.7 Å². The number of benzene rings is 3. The van der Waals surface area contributed by atoms with Crippen LogP contribution in [0.3, 0.4) is 0 Å². The van der Waals surface area contributed by atoms with Crippen molar-refractivity contribution in [3.8, 4) is 11.5 Å². The van der Waals surface area contributed by atoms with Gasteiger partial charge >= 0.3 is 5.97 Å². The van der Waals surface area contributed by atoms with Gasteiger partial charge in [0.1, 0.15) is 12.6 Å². The Balaban J connectivity index is 1.54. The molecule has 8 nitrogen and oxygen atoms in total. The molecule has 0 fully saturated rings. The molecule has 4 aromatic rings. The standard InChI is InChI=1S/C32H32BrClN4O4S/c1-5-40-26-16-23(15-24(33)29(26)42-19(2)3)28-27(30(39)41-17-21-11-7-6-8-12-21)20(4)35-31-36-32(37-38(28)31)43-18-22-13-9-10-14-25(22)34/h6-16,19,28H,5,17-18H2,1-4H3,(H,35,36,37). The maximum Gasteiger partial charge on any atom is 0.338 e. The van der Waals surface area contributed by atoms with Crippen molar-refractivity contribution in [2.24, 2.45) is 0 Å². The lowest BCUT2D eigenvalue weighted by Crippen LogP contribution is -2.29. The summed E-state index contributed by atoms with van der Waals surface area (Å²) in [5.41, 5.74) is 3.68. The number of carbonyl (C=O) groups excluding carboxylic acids is 1. The second-order valence-corrected chi connectivity index (χ2v) is 12.3. The number of ether oxygens (including phenoxy) is 3. The summed E-state index contributed by atoms with van der Waals surface area (Å²) in [6, 6.07) is 20.4. The molecule has 0 amide bonds. The lowest BCUT2D eigenvalue weighted by atomic mass is 9.95. The van der Waals surface area contributed by atoms with Gasteiger partial charge in [0.05, 0.1) is 22.8 Å². The van der Waals surface area contributed by atoms with E-state index >= 15 is 0 Å². The number of hydrogen-bond acceptors (Lipinski definition) is 8. The Bertz CT molecular complexity index is 1640. The maximum atomic E-state index is 13.8. The first-order valence-corrected chi connectivity index (χ1v) is 16.0. The van der Waals surface area contributed by atoms with Crippen LogP contribution in [0.25, 0.3) is 0 Å². The van der Waals surface area contributed by atoms with Gasteiger partial charge in [-0.3, -0.25) is 0 Å². The van der Waals surface area contributed by atoms with E-state index in [1.807, 2.05) is 94.4 Å². The summed E-state index contributed by atoms with van der Waals surface area (Å²) in [4.78, 5) is 18.5. The van der Waals surface area contributed by atoms with Gasteiger partial charge in [-0.2, -0.15) is 4.98 Å². The quantitative estimate of drug-likeness (QED) is 0.125. The van der Waals surface area contributed by atoms with Crippen LogP contribution < -0.4 is 14.8 Å². The van der Waals surface area contributed by atoms with Gasteiger partial charge in [0.25, 0.3) is 0 Å². The molecule has 0 bridgehead atoms. The molecule has 1 aliphatic rings. The highest BCUT2D eigenvalue weighted by atomic mass is 79.9. The molecule has 43 heavy (non-hydrogen) atoms. The Morgan fingerprint density at radius 2 is 1.88 bits per heavy atom. The summed E-state index contributed by atoms with van der Waals surface area (Å²) in [5.74, 6) is 1.80. The van der Waals surface area contributed by atoms with E-state index in [2.05, 4.69) is 21.2 Å². The number of carbonyl (C=O) groups is 1. The highest BCUT2D eigenvalue weighted by Crippen LogP contribution is 2.44. The van der Waals surface area contributed by atoms with Crippen molar-refractivity contribution < 1.29 is 19.0 Å². The van der Waals surface area contributed by atoms with Gasteiger partial charge < -0.3 is 19.5 Å². The van der Waals surface area contributed by atoms with E-state index in [9.17, 15) is 4.79 Å². The molecule has 224 valence electrons. The zero-order chi connectivity index (χ0) is 30.5. The normalized spacial score (nSPS) is 14.3. The minimum Gasteiger partial charge on any atom is -0.490 e. The molecular weight excluding hydrogens is 652 g/mol. The van der Waals surface area contributed by atoms with Gasteiger partial charge in [-0.25, -0.2) is 9.48 Å². The van der Waals surface area contributed by atoms with Crippen LogP contribution in [0.4, 0.5) is 5.95 Å². The summed E-state index contributed by atoms with van der Waals surface area (Å²) >= 11 is 11.5. The zero-order valence-electron chi connectivity index (χ0n) is 24.3. The molecule has 1 N–H and O–H groups in total. The third-order valence-electron chi connectivity index (χ3n) is 6.58. The molecule has 5 rings (SSSR count). The van der Waals surface area contributed by atoms with Crippen LogP contribution in [0.15, 0.2) is 87.6 Å². The molecule has 0 radical (unpaired) electrons. The van der Waals surface area contributed by atoms with E-state index in [4.69, 9.17) is 35.9 Å². The summed E-state index contributed by atoms with van der Waals surface area (Å²) in [7, 11) is 0. The number of nitrogens with one attached hydrogen (secondary N) is 1. The van der Waals surface area contributed by atoms with Crippen molar-refractivity contribution in [2.45, 2.75) is 57.4 Å². The van der Waals surface area contributed by atoms with Crippen molar-refractivity contribution in [1.29, 1.82) is 0 Å². The SMILES string of the molecule is CCOc1cc(C2C(C(=O)OCc3ccccc3)=C(C)Nc3nc(SCc4ccccc4Cl)nn32)cc(Br)c1OC(C)C. The van der Waals surface area contributed by atoms with Gasteiger partial charge in [0.2, 0.25) is 11.1 Å². The van der Waals surface area contributed by atoms with Gasteiger partial charge in [0.15, 0.2) is 11.5 Å². The molecule has 0 spiro atoms. The summed E-state index contributed by atoms with van der Waals surface area (Å²) < 4.78 is 20.3. The average molecular weight is 684 g/mol. The van der Waals surface area contributed by atoms with Crippen LogP contribution in [0, 0.1) is 0 Å². The number of hydrogen-bond donors (Lipinski definition) is 1. The molecule has 11 heteroatoms. The third-order valence-corrected chi connectivity index (χ3v) is 8.43. The Labute approximate surface area is 268 Å². The van der Waals surface area contributed by atoms with Gasteiger partial charge in [-0.05, 0) is 78.5 Å². The number of aromatic nitrogens is 3. The van der Waals surface area contributed by atoms with Crippen molar-refractivity contribution in [3.05, 3.63) is 104 Å². The minimum atomic E-state index is -0.648. The highest BCUT2D eigenvalue weighted by molar-refractivity contribution is 9.10. The predicted molar refractivity (Wildman–Crippen MR) is 173 cm³/mol. The molecule has 1 aromatic heterocycles. The van der Waals surface area contributed by atoms with E-state index in [1.165, 1.54) is 11.8 Å². The summed E-state index contributed by atoms with van der Waals surface area (Å²) in [6.45, 7) is 8.25. The molecule has 0 saturated heterocycles. The number of fused-ring (bicyclic) bond motifs is 1. The molecule has 1 atom stereocenters. The molecule has 2 heterocycles. The van der Waals surface area contributed by atoms with Crippen molar-refractivity contribution in [1.82, 2.24) is 14.8 Å². The first-order chi connectivity index (χ1) is 20.7. The fourth-order valence-corrected chi connectivity index (χ4v) is 6.35. The van der Waals surface area contributed by atoms with E-state index < -0.39 is 12.0 Å². The lowest BCUT2D eigenvalue weighted by Gasteiger charge is -2.29. The maximum absolute atomic E-state index is 13.8. The highest BCUT2D eigenvalue weighted by Gasteiger charge is 2.36. The van der Waals surface area contributed by atoms with Crippen LogP contribution in [0.1, 0.15) is 50.4 Å². The van der Waals surface area contributed by atoms with Crippen LogP contribution in [0.2, 0.25) is 5.02 Å². The van der Waals surface area contributed by atoms with E-state index in [-0.39, 0.29) is 12.7 Å².